The number of hydrogen-bond donors (Lipinski definition) is 2. The second-order valence-corrected chi connectivity index (χ2v) is 4.58. The van der Waals surface area contributed by atoms with Crippen molar-refractivity contribution in [2.75, 3.05) is 14.2 Å². The van der Waals surface area contributed by atoms with Crippen molar-refractivity contribution in [2.45, 2.75) is 6.92 Å². The number of imidazole rings is 1. The standard InChI is InChI=1S/C14H14N4O3/c1-7-11-12(14(19)18-17-7)16-13(15-11)9-6-8(20-2)4-5-10(9)21-3/h4-6H,1-3H3,(H,15,16)(H,18,19)/p+1. The van der Waals surface area contributed by atoms with Gasteiger partial charge in [0.2, 0.25) is 11.0 Å². The van der Waals surface area contributed by atoms with Gasteiger partial charge in [-0.3, -0.25) is 4.79 Å². The molecule has 0 saturated heterocycles. The van der Waals surface area contributed by atoms with E-state index in [9.17, 15) is 4.79 Å². The van der Waals surface area contributed by atoms with Crippen LogP contribution in [0.2, 0.25) is 0 Å². The molecule has 21 heavy (non-hydrogen) atoms. The first-order valence-corrected chi connectivity index (χ1v) is 6.36. The van der Waals surface area contributed by atoms with Gasteiger partial charge >= 0.3 is 5.56 Å². The number of hydrogen-bond acceptors (Lipinski definition) is 4. The van der Waals surface area contributed by atoms with Crippen LogP contribution >= 0.6 is 0 Å². The molecule has 0 amide bonds. The Labute approximate surface area is 119 Å². The van der Waals surface area contributed by atoms with E-state index in [1.807, 2.05) is 25.1 Å². The minimum absolute atomic E-state index is 0.278. The Bertz CT molecular complexity index is 866. The maximum absolute atomic E-state index is 11.8. The van der Waals surface area contributed by atoms with Gasteiger partial charge in [0.1, 0.15) is 22.8 Å². The quantitative estimate of drug-likeness (QED) is 0.753. The highest BCUT2D eigenvalue weighted by Crippen LogP contribution is 2.30. The Morgan fingerprint density at radius 2 is 2.05 bits per heavy atom. The lowest BCUT2D eigenvalue weighted by Crippen LogP contribution is -2.12. The van der Waals surface area contributed by atoms with Crippen molar-refractivity contribution in [1.29, 1.82) is 0 Å². The summed E-state index contributed by atoms with van der Waals surface area (Å²) in [5.74, 6) is 2.02. The van der Waals surface area contributed by atoms with E-state index < -0.39 is 0 Å². The normalized spacial score (nSPS) is 10.8. The SMILES string of the molecule is COc1ccc(OC)c(-c2[nH]c3c(=O)[nH]nc(C)c3[nH+]2)c1. The summed E-state index contributed by atoms with van der Waals surface area (Å²) in [6, 6.07) is 5.45. The molecule has 0 aliphatic rings. The lowest BCUT2D eigenvalue weighted by molar-refractivity contribution is -0.331. The molecule has 3 rings (SSSR count). The summed E-state index contributed by atoms with van der Waals surface area (Å²) in [7, 11) is 3.19. The van der Waals surface area contributed by atoms with E-state index in [1.54, 1.807) is 14.2 Å². The molecule has 2 aromatic heterocycles. The van der Waals surface area contributed by atoms with Crippen molar-refractivity contribution in [1.82, 2.24) is 15.2 Å². The highest BCUT2D eigenvalue weighted by Gasteiger charge is 2.21. The van der Waals surface area contributed by atoms with Crippen molar-refractivity contribution in [3.63, 3.8) is 0 Å². The molecular weight excluding hydrogens is 272 g/mol. The molecule has 0 fully saturated rings. The summed E-state index contributed by atoms with van der Waals surface area (Å²) in [6.07, 6.45) is 0. The van der Waals surface area contributed by atoms with Crippen LogP contribution < -0.4 is 20.0 Å². The maximum atomic E-state index is 11.8. The second-order valence-electron chi connectivity index (χ2n) is 4.58. The topological polar surface area (TPSA) is 94.1 Å². The smallest absolute Gasteiger partial charge is 0.315 e. The molecule has 7 nitrogen and oxygen atoms in total. The summed E-state index contributed by atoms with van der Waals surface area (Å²) in [4.78, 5) is 18.1. The van der Waals surface area contributed by atoms with Gasteiger partial charge in [0.05, 0.1) is 14.2 Å². The highest BCUT2D eigenvalue weighted by atomic mass is 16.5. The molecule has 108 valence electrons. The third-order valence-electron chi connectivity index (χ3n) is 3.34. The zero-order chi connectivity index (χ0) is 15.0. The van der Waals surface area contributed by atoms with Crippen LogP contribution in [0.3, 0.4) is 0 Å². The fraction of sp³-hybridized carbons (Fsp3) is 0.214. The van der Waals surface area contributed by atoms with Gasteiger partial charge in [-0.2, -0.15) is 5.10 Å². The lowest BCUT2D eigenvalue weighted by Gasteiger charge is -2.06. The number of aromatic amines is 3. The molecule has 3 N–H and O–H groups in total. The Hall–Kier alpha value is -2.83. The van der Waals surface area contributed by atoms with Crippen LogP contribution in [-0.2, 0) is 0 Å². The number of nitrogens with zero attached hydrogens (tertiary/aromatic N) is 1. The van der Waals surface area contributed by atoms with Gasteiger partial charge in [0.25, 0.3) is 5.82 Å². The van der Waals surface area contributed by atoms with Gasteiger partial charge in [-0.15, -0.1) is 0 Å². The number of aryl methyl sites for hydroxylation is 1. The summed E-state index contributed by atoms with van der Waals surface area (Å²) in [5.41, 5.74) is 2.31. The first kappa shape index (κ1) is 13.2. The van der Waals surface area contributed by atoms with Gasteiger partial charge in [-0.25, -0.2) is 15.1 Å². The van der Waals surface area contributed by atoms with Crippen LogP contribution in [0.25, 0.3) is 22.4 Å². The van der Waals surface area contributed by atoms with Crippen LogP contribution in [-0.4, -0.2) is 29.4 Å². The van der Waals surface area contributed by atoms with E-state index in [0.717, 1.165) is 5.56 Å². The van der Waals surface area contributed by atoms with Gasteiger partial charge in [-0.05, 0) is 25.1 Å². The molecule has 0 radical (unpaired) electrons. The zero-order valence-corrected chi connectivity index (χ0v) is 11.9. The summed E-state index contributed by atoms with van der Waals surface area (Å²) >= 11 is 0. The number of aromatic nitrogens is 4. The molecule has 2 heterocycles. The predicted octanol–water partition coefficient (Wildman–Crippen LogP) is 1.06. The van der Waals surface area contributed by atoms with E-state index in [2.05, 4.69) is 20.2 Å². The minimum Gasteiger partial charge on any atom is -0.497 e. The lowest BCUT2D eigenvalue weighted by atomic mass is 10.2. The molecular formula is C14H15N4O3+. The third-order valence-corrected chi connectivity index (χ3v) is 3.34. The van der Waals surface area contributed by atoms with E-state index in [0.29, 0.717) is 34.1 Å². The Balaban J connectivity index is 2.27. The molecule has 3 aromatic rings. The van der Waals surface area contributed by atoms with Crippen molar-refractivity contribution in [3.05, 3.63) is 34.2 Å². The zero-order valence-electron chi connectivity index (χ0n) is 11.9. The van der Waals surface area contributed by atoms with Crippen LogP contribution in [0.1, 0.15) is 5.69 Å². The van der Waals surface area contributed by atoms with E-state index in [1.165, 1.54) is 0 Å². The number of benzene rings is 1. The van der Waals surface area contributed by atoms with Crippen LogP contribution in [0.15, 0.2) is 23.0 Å². The summed E-state index contributed by atoms with van der Waals surface area (Å²) < 4.78 is 10.6. The first-order valence-electron chi connectivity index (χ1n) is 6.36. The van der Waals surface area contributed by atoms with Crippen molar-refractivity contribution < 1.29 is 14.5 Å². The Morgan fingerprint density at radius 3 is 2.71 bits per heavy atom. The van der Waals surface area contributed by atoms with Crippen molar-refractivity contribution >= 4 is 11.0 Å². The average molecular weight is 287 g/mol. The molecule has 1 aromatic carbocycles. The predicted molar refractivity (Wildman–Crippen MR) is 76.5 cm³/mol. The van der Waals surface area contributed by atoms with Crippen molar-refractivity contribution in [3.8, 4) is 22.9 Å². The number of methoxy groups -OCH3 is 2. The average Bonchev–Trinajstić information content (AvgIpc) is 2.96. The van der Waals surface area contributed by atoms with E-state index >= 15 is 0 Å². The van der Waals surface area contributed by atoms with Gasteiger partial charge < -0.3 is 9.47 Å². The monoisotopic (exact) mass is 287 g/mol. The minimum atomic E-state index is -0.278. The molecule has 0 unspecified atom stereocenters. The molecule has 7 heteroatoms. The Morgan fingerprint density at radius 1 is 1.24 bits per heavy atom. The molecule has 0 spiro atoms. The number of H-pyrrole nitrogens is 3. The van der Waals surface area contributed by atoms with Gasteiger partial charge in [-0.1, -0.05) is 0 Å². The van der Waals surface area contributed by atoms with Gasteiger partial charge in [0, 0.05) is 0 Å². The first-order chi connectivity index (χ1) is 10.1. The maximum Gasteiger partial charge on any atom is 0.315 e. The number of fused-ring (bicyclic) bond motifs is 1. The molecule has 0 saturated carbocycles. The molecule has 0 aliphatic heterocycles. The summed E-state index contributed by atoms with van der Waals surface area (Å²) in [5, 5.41) is 6.39. The molecule has 0 bridgehead atoms. The molecule has 0 atom stereocenters. The highest BCUT2D eigenvalue weighted by molar-refractivity contribution is 5.76. The fourth-order valence-corrected chi connectivity index (χ4v) is 2.24. The number of nitrogens with one attached hydrogen (secondary N) is 3. The van der Waals surface area contributed by atoms with Crippen LogP contribution in [0, 0.1) is 6.92 Å². The van der Waals surface area contributed by atoms with E-state index in [-0.39, 0.29) is 5.56 Å². The largest absolute Gasteiger partial charge is 0.497 e. The fourth-order valence-electron chi connectivity index (χ4n) is 2.24. The van der Waals surface area contributed by atoms with Crippen LogP contribution in [0.5, 0.6) is 11.5 Å². The van der Waals surface area contributed by atoms with Crippen molar-refractivity contribution in [2.24, 2.45) is 0 Å². The number of ether oxygens (including phenoxy) is 2. The van der Waals surface area contributed by atoms with E-state index in [4.69, 9.17) is 9.47 Å². The van der Waals surface area contributed by atoms with Gasteiger partial charge in [0.15, 0.2) is 0 Å². The number of rotatable bonds is 3. The molecule has 0 aliphatic carbocycles. The summed E-state index contributed by atoms with van der Waals surface area (Å²) in [6.45, 7) is 1.81. The van der Waals surface area contributed by atoms with Crippen LogP contribution in [0.4, 0.5) is 0 Å². The Kier molecular flexibility index (Phi) is 3.09. The second kappa shape index (κ2) is 4.93. The third kappa shape index (κ3) is 2.12.